The molecule has 0 bridgehead atoms. The molecule has 18 heavy (non-hydrogen) atoms. The maximum atomic E-state index is 4.57. The lowest BCUT2D eigenvalue weighted by Crippen LogP contribution is -2.24. The molecule has 0 aliphatic heterocycles. The molecule has 0 radical (unpaired) electrons. The molecule has 0 spiro atoms. The van der Waals surface area contributed by atoms with Crippen molar-refractivity contribution in [2.45, 2.75) is 59.4 Å². The second kappa shape index (κ2) is 8.25. The van der Waals surface area contributed by atoms with Crippen molar-refractivity contribution in [2.24, 2.45) is 5.92 Å². The lowest BCUT2D eigenvalue weighted by Gasteiger charge is -2.20. The summed E-state index contributed by atoms with van der Waals surface area (Å²) in [5.74, 6) is 0.793. The first-order valence-electron chi connectivity index (χ1n) is 7.30. The fourth-order valence-corrected chi connectivity index (χ4v) is 2.25. The third-order valence-electron chi connectivity index (χ3n) is 3.30. The van der Waals surface area contributed by atoms with Crippen molar-refractivity contribution < 1.29 is 0 Å². The Balaban J connectivity index is 2.62. The van der Waals surface area contributed by atoms with Crippen molar-refractivity contribution in [3.05, 3.63) is 29.6 Å². The van der Waals surface area contributed by atoms with Gasteiger partial charge in [-0.1, -0.05) is 39.7 Å². The number of pyridine rings is 1. The Kier molecular flexibility index (Phi) is 6.96. The average molecular weight is 248 g/mol. The van der Waals surface area contributed by atoms with Gasteiger partial charge in [0.2, 0.25) is 0 Å². The van der Waals surface area contributed by atoms with E-state index in [0.717, 1.165) is 12.5 Å². The highest BCUT2D eigenvalue weighted by Gasteiger charge is 2.14. The fraction of sp³-hybridized carbons (Fsp3) is 0.688. The first kappa shape index (κ1) is 15.2. The average Bonchev–Trinajstić information content (AvgIpc) is 2.34. The standard InChI is InChI=1S/C16H28N2/c1-5-11-17-15(10-6-8-13(2)3)16-14(4)9-7-12-18-16/h7,9,12-13,15,17H,5-6,8,10-11H2,1-4H3. The Morgan fingerprint density at radius 3 is 2.67 bits per heavy atom. The molecule has 0 fully saturated rings. The lowest BCUT2D eigenvalue weighted by molar-refractivity contribution is 0.440. The SMILES string of the molecule is CCCNC(CCCC(C)C)c1ncccc1C. The maximum absolute atomic E-state index is 4.57. The molecule has 1 atom stereocenters. The van der Waals surface area contributed by atoms with Crippen LogP contribution in [0.5, 0.6) is 0 Å². The molecule has 0 amide bonds. The maximum Gasteiger partial charge on any atom is 0.0602 e. The lowest BCUT2D eigenvalue weighted by atomic mass is 9.99. The van der Waals surface area contributed by atoms with Crippen LogP contribution in [0, 0.1) is 12.8 Å². The predicted octanol–water partition coefficient (Wildman–Crippen LogP) is 4.26. The zero-order valence-electron chi connectivity index (χ0n) is 12.4. The summed E-state index contributed by atoms with van der Waals surface area (Å²) < 4.78 is 0. The van der Waals surface area contributed by atoms with Crippen molar-refractivity contribution in [3.8, 4) is 0 Å². The Morgan fingerprint density at radius 2 is 2.06 bits per heavy atom. The van der Waals surface area contributed by atoms with Gasteiger partial charge in [-0.25, -0.2) is 0 Å². The molecule has 0 aliphatic carbocycles. The molecule has 0 saturated heterocycles. The molecule has 0 saturated carbocycles. The van der Waals surface area contributed by atoms with Crippen molar-refractivity contribution in [3.63, 3.8) is 0 Å². The van der Waals surface area contributed by atoms with E-state index in [1.54, 1.807) is 0 Å². The van der Waals surface area contributed by atoms with E-state index < -0.39 is 0 Å². The van der Waals surface area contributed by atoms with Gasteiger partial charge in [0.1, 0.15) is 0 Å². The zero-order valence-corrected chi connectivity index (χ0v) is 12.4. The van der Waals surface area contributed by atoms with Gasteiger partial charge in [-0.15, -0.1) is 0 Å². The first-order valence-corrected chi connectivity index (χ1v) is 7.30. The minimum absolute atomic E-state index is 0.421. The molecule has 1 unspecified atom stereocenters. The van der Waals surface area contributed by atoms with Gasteiger partial charge in [0.25, 0.3) is 0 Å². The highest BCUT2D eigenvalue weighted by Crippen LogP contribution is 2.21. The van der Waals surface area contributed by atoms with Crippen LogP contribution in [0.3, 0.4) is 0 Å². The molecule has 2 heteroatoms. The quantitative estimate of drug-likeness (QED) is 0.743. The van der Waals surface area contributed by atoms with Crippen molar-refractivity contribution in [2.75, 3.05) is 6.54 Å². The first-order chi connectivity index (χ1) is 8.65. The van der Waals surface area contributed by atoms with E-state index in [4.69, 9.17) is 0 Å². The van der Waals surface area contributed by atoms with Crippen LogP contribution in [0.4, 0.5) is 0 Å². The fourth-order valence-electron chi connectivity index (χ4n) is 2.25. The third kappa shape index (κ3) is 5.18. The number of nitrogens with zero attached hydrogens (tertiary/aromatic N) is 1. The number of aryl methyl sites for hydroxylation is 1. The normalized spacial score (nSPS) is 12.9. The van der Waals surface area contributed by atoms with Gasteiger partial charge in [-0.3, -0.25) is 4.98 Å². The van der Waals surface area contributed by atoms with Gasteiger partial charge >= 0.3 is 0 Å². The predicted molar refractivity (Wildman–Crippen MR) is 78.7 cm³/mol. The van der Waals surface area contributed by atoms with E-state index >= 15 is 0 Å². The summed E-state index contributed by atoms with van der Waals surface area (Å²) in [6.07, 6.45) is 6.85. The molecular weight excluding hydrogens is 220 g/mol. The summed E-state index contributed by atoms with van der Waals surface area (Å²) in [5.41, 5.74) is 2.53. The molecule has 1 N–H and O–H groups in total. The van der Waals surface area contributed by atoms with Gasteiger partial charge in [0.15, 0.2) is 0 Å². The van der Waals surface area contributed by atoms with Crippen LogP contribution < -0.4 is 5.32 Å². The molecule has 102 valence electrons. The summed E-state index contributed by atoms with van der Waals surface area (Å²) >= 11 is 0. The van der Waals surface area contributed by atoms with E-state index in [0.29, 0.717) is 6.04 Å². The Hall–Kier alpha value is -0.890. The Bertz CT molecular complexity index is 334. The highest BCUT2D eigenvalue weighted by atomic mass is 14.9. The zero-order chi connectivity index (χ0) is 13.4. The van der Waals surface area contributed by atoms with Crippen LogP contribution in [0.2, 0.25) is 0 Å². The van der Waals surface area contributed by atoms with Crippen molar-refractivity contribution >= 4 is 0 Å². The summed E-state index contributed by atoms with van der Waals surface area (Å²) in [6, 6.07) is 4.60. The summed E-state index contributed by atoms with van der Waals surface area (Å²) in [5, 5.41) is 3.64. The second-order valence-electron chi connectivity index (χ2n) is 5.54. The highest BCUT2D eigenvalue weighted by molar-refractivity contribution is 5.21. The van der Waals surface area contributed by atoms with Gasteiger partial charge in [0.05, 0.1) is 5.69 Å². The van der Waals surface area contributed by atoms with E-state index in [-0.39, 0.29) is 0 Å². The van der Waals surface area contributed by atoms with Gasteiger partial charge < -0.3 is 5.32 Å². The van der Waals surface area contributed by atoms with Gasteiger partial charge in [0, 0.05) is 12.2 Å². The smallest absolute Gasteiger partial charge is 0.0602 e. The Morgan fingerprint density at radius 1 is 1.28 bits per heavy atom. The van der Waals surface area contributed by atoms with Crippen LogP contribution in [0.25, 0.3) is 0 Å². The largest absolute Gasteiger partial charge is 0.309 e. The number of nitrogens with one attached hydrogen (secondary N) is 1. The van der Waals surface area contributed by atoms with Crippen molar-refractivity contribution in [1.29, 1.82) is 0 Å². The number of hydrogen-bond donors (Lipinski definition) is 1. The summed E-state index contributed by atoms with van der Waals surface area (Å²) in [6.45, 7) is 10.0. The molecular formula is C16H28N2. The van der Waals surface area contributed by atoms with Crippen LogP contribution in [-0.2, 0) is 0 Å². The van der Waals surface area contributed by atoms with Gasteiger partial charge in [-0.2, -0.15) is 0 Å². The van der Waals surface area contributed by atoms with Crippen LogP contribution in [0.1, 0.15) is 63.8 Å². The summed E-state index contributed by atoms with van der Waals surface area (Å²) in [7, 11) is 0. The monoisotopic (exact) mass is 248 g/mol. The number of rotatable bonds is 8. The molecule has 1 rings (SSSR count). The van der Waals surface area contributed by atoms with Crippen LogP contribution >= 0.6 is 0 Å². The summed E-state index contributed by atoms with van der Waals surface area (Å²) in [4.78, 5) is 4.57. The van der Waals surface area contributed by atoms with E-state index in [9.17, 15) is 0 Å². The minimum atomic E-state index is 0.421. The van der Waals surface area contributed by atoms with E-state index in [1.165, 1.54) is 36.9 Å². The number of aromatic nitrogens is 1. The van der Waals surface area contributed by atoms with E-state index in [2.05, 4.69) is 44.1 Å². The van der Waals surface area contributed by atoms with E-state index in [1.807, 2.05) is 12.3 Å². The van der Waals surface area contributed by atoms with Crippen LogP contribution in [0.15, 0.2) is 18.3 Å². The minimum Gasteiger partial charge on any atom is -0.309 e. The molecule has 0 aromatic carbocycles. The Labute approximate surface area is 112 Å². The van der Waals surface area contributed by atoms with Crippen LogP contribution in [-0.4, -0.2) is 11.5 Å². The molecule has 1 aromatic rings. The molecule has 2 nitrogen and oxygen atoms in total. The second-order valence-corrected chi connectivity index (χ2v) is 5.54. The number of hydrogen-bond acceptors (Lipinski definition) is 2. The topological polar surface area (TPSA) is 24.9 Å². The molecule has 1 heterocycles. The van der Waals surface area contributed by atoms with Gasteiger partial charge in [-0.05, 0) is 43.9 Å². The third-order valence-corrected chi connectivity index (χ3v) is 3.30. The molecule has 0 aliphatic rings. The molecule has 1 aromatic heterocycles. The van der Waals surface area contributed by atoms with Crippen molar-refractivity contribution in [1.82, 2.24) is 10.3 Å².